The average Bonchev–Trinajstić information content (AvgIpc) is 2.51. The van der Waals surface area contributed by atoms with Crippen molar-refractivity contribution in [1.29, 1.82) is 0 Å². The molecule has 0 aromatic carbocycles. The Labute approximate surface area is 93.6 Å². The van der Waals surface area contributed by atoms with Crippen molar-refractivity contribution in [2.75, 3.05) is 25.6 Å². The van der Waals surface area contributed by atoms with E-state index in [1.165, 1.54) is 25.5 Å². The van der Waals surface area contributed by atoms with E-state index >= 15 is 0 Å². The molecule has 1 rings (SSSR count). The third kappa shape index (κ3) is 4.98. The molecule has 4 heteroatoms. The van der Waals surface area contributed by atoms with Crippen LogP contribution in [0, 0.1) is 11.8 Å². The van der Waals surface area contributed by atoms with Gasteiger partial charge in [0.05, 0.1) is 0 Å². The molecule has 1 aliphatic rings. The summed E-state index contributed by atoms with van der Waals surface area (Å²) < 4.78 is 22.0. The largest absolute Gasteiger partial charge is 0.319 e. The molecule has 0 aromatic heterocycles. The van der Waals surface area contributed by atoms with Crippen LogP contribution in [-0.2, 0) is 9.84 Å². The molecule has 0 heterocycles. The lowest BCUT2D eigenvalue weighted by Crippen LogP contribution is -2.22. The third-order valence-electron chi connectivity index (χ3n) is 3.37. The van der Waals surface area contributed by atoms with Gasteiger partial charge in [-0.25, -0.2) is 8.42 Å². The van der Waals surface area contributed by atoms with Crippen LogP contribution in [0.4, 0.5) is 0 Å². The Morgan fingerprint density at radius 1 is 1.27 bits per heavy atom. The van der Waals surface area contributed by atoms with Gasteiger partial charge < -0.3 is 5.32 Å². The molecular weight excluding hydrogens is 210 g/mol. The predicted octanol–water partition coefficient (Wildman–Crippen LogP) is 1.45. The molecule has 0 amide bonds. The molecule has 3 nitrogen and oxygen atoms in total. The molecule has 90 valence electrons. The second-order valence-corrected chi connectivity index (χ2v) is 7.04. The van der Waals surface area contributed by atoms with Crippen LogP contribution in [0.5, 0.6) is 0 Å². The van der Waals surface area contributed by atoms with Gasteiger partial charge in [0.15, 0.2) is 0 Å². The lowest BCUT2D eigenvalue weighted by Gasteiger charge is -2.18. The number of sulfone groups is 1. The average molecular weight is 233 g/mol. The van der Waals surface area contributed by atoms with Gasteiger partial charge in [-0.3, -0.25) is 0 Å². The maximum atomic E-state index is 11.0. The molecule has 1 N–H and O–H groups in total. The summed E-state index contributed by atoms with van der Waals surface area (Å²) in [7, 11) is -0.769. The highest BCUT2D eigenvalue weighted by molar-refractivity contribution is 7.90. The first-order valence-corrected chi connectivity index (χ1v) is 7.91. The first kappa shape index (κ1) is 13.0. The minimum Gasteiger partial charge on any atom is -0.319 e. The minimum atomic E-state index is -2.76. The van der Waals surface area contributed by atoms with Crippen LogP contribution < -0.4 is 5.32 Å². The summed E-state index contributed by atoms with van der Waals surface area (Å²) in [6, 6.07) is 0. The van der Waals surface area contributed by atoms with E-state index in [1.807, 2.05) is 7.05 Å². The molecule has 1 aliphatic carbocycles. The van der Waals surface area contributed by atoms with E-state index in [9.17, 15) is 8.42 Å². The molecule has 1 saturated carbocycles. The summed E-state index contributed by atoms with van der Waals surface area (Å²) in [6.07, 6.45) is 7.16. The first-order chi connectivity index (χ1) is 7.03. The van der Waals surface area contributed by atoms with E-state index < -0.39 is 9.84 Å². The van der Waals surface area contributed by atoms with Gasteiger partial charge in [0.25, 0.3) is 0 Å². The van der Waals surface area contributed by atoms with Gasteiger partial charge in [0, 0.05) is 12.0 Å². The van der Waals surface area contributed by atoms with Crippen LogP contribution in [0.3, 0.4) is 0 Å². The molecule has 1 fully saturated rings. The SMILES string of the molecule is CNCC1CCCC1CCCS(C)(=O)=O. The van der Waals surface area contributed by atoms with Crippen molar-refractivity contribution in [3.05, 3.63) is 0 Å². The Bertz CT molecular complexity index is 274. The van der Waals surface area contributed by atoms with E-state index in [2.05, 4.69) is 5.32 Å². The molecule has 0 aliphatic heterocycles. The number of rotatable bonds is 6. The first-order valence-electron chi connectivity index (χ1n) is 5.85. The second-order valence-electron chi connectivity index (χ2n) is 4.78. The molecule has 15 heavy (non-hydrogen) atoms. The quantitative estimate of drug-likeness (QED) is 0.755. The minimum absolute atomic E-state index is 0.357. The van der Waals surface area contributed by atoms with Crippen LogP contribution in [0.2, 0.25) is 0 Å². The van der Waals surface area contributed by atoms with Gasteiger partial charge in [0.1, 0.15) is 9.84 Å². The van der Waals surface area contributed by atoms with Gasteiger partial charge in [-0.2, -0.15) is 0 Å². The van der Waals surface area contributed by atoms with E-state index in [4.69, 9.17) is 0 Å². The Hall–Kier alpha value is -0.0900. The van der Waals surface area contributed by atoms with Crippen molar-refractivity contribution >= 4 is 9.84 Å². The van der Waals surface area contributed by atoms with E-state index in [0.717, 1.165) is 31.2 Å². The van der Waals surface area contributed by atoms with Crippen LogP contribution in [0.25, 0.3) is 0 Å². The van der Waals surface area contributed by atoms with Gasteiger partial charge in [0.2, 0.25) is 0 Å². The number of hydrogen-bond acceptors (Lipinski definition) is 3. The van der Waals surface area contributed by atoms with Crippen LogP contribution in [0.1, 0.15) is 32.1 Å². The Balaban J connectivity index is 2.25. The predicted molar refractivity (Wildman–Crippen MR) is 63.7 cm³/mol. The van der Waals surface area contributed by atoms with Crippen molar-refractivity contribution in [3.63, 3.8) is 0 Å². The van der Waals surface area contributed by atoms with Crippen LogP contribution >= 0.6 is 0 Å². The molecule has 0 spiro atoms. The Morgan fingerprint density at radius 3 is 2.53 bits per heavy atom. The zero-order chi connectivity index (χ0) is 11.3. The molecular formula is C11H23NO2S. The summed E-state index contributed by atoms with van der Waals surface area (Å²) in [6.45, 7) is 1.09. The van der Waals surface area contributed by atoms with E-state index in [0.29, 0.717) is 5.75 Å². The zero-order valence-electron chi connectivity index (χ0n) is 9.83. The standard InChI is InChI=1S/C11H23NO2S/c1-12-9-11-6-3-5-10(11)7-4-8-15(2,13)14/h10-12H,3-9H2,1-2H3. The van der Waals surface area contributed by atoms with E-state index in [-0.39, 0.29) is 0 Å². The summed E-state index contributed by atoms with van der Waals surface area (Å²) in [4.78, 5) is 0. The monoisotopic (exact) mass is 233 g/mol. The molecule has 0 saturated heterocycles. The molecule has 0 bridgehead atoms. The lowest BCUT2D eigenvalue weighted by molar-refractivity contribution is 0.353. The van der Waals surface area contributed by atoms with Gasteiger partial charge in [-0.15, -0.1) is 0 Å². The summed E-state index contributed by atoms with van der Waals surface area (Å²) in [5, 5.41) is 3.23. The third-order valence-corrected chi connectivity index (χ3v) is 4.40. The van der Waals surface area contributed by atoms with Crippen LogP contribution in [-0.4, -0.2) is 34.0 Å². The highest BCUT2D eigenvalue weighted by Gasteiger charge is 2.26. The summed E-state index contributed by atoms with van der Waals surface area (Å²) >= 11 is 0. The fourth-order valence-corrected chi connectivity index (χ4v) is 3.32. The lowest BCUT2D eigenvalue weighted by atomic mass is 9.92. The molecule has 0 aromatic rings. The topological polar surface area (TPSA) is 46.2 Å². The van der Waals surface area contributed by atoms with Gasteiger partial charge in [-0.1, -0.05) is 12.8 Å². The zero-order valence-corrected chi connectivity index (χ0v) is 10.6. The molecule has 2 atom stereocenters. The Kier molecular flexibility index (Phi) is 5.06. The van der Waals surface area contributed by atoms with Crippen molar-refractivity contribution in [1.82, 2.24) is 5.32 Å². The highest BCUT2D eigenvalue weighted by atomic mass is 32.2. The maximum Gasteiger partial charge on any atom is 0.147 e. The smallest absolute Gasteiger partial charge is 0.147 e. The highest BCUT2D eigenvalue weighted by Crippen LogP contribution is 2.34. The van der Waals surface area contributed by atoms with Crippen molar-refractivity contribution in [2.24, 2.45) is 11.8 Å². The van der Waals surface area contributed by atoms with Crippen molar-refractivity contribution in [3.8, 4) is 0 Å². The molecule has 2 unspecified atom stereocenters. The number of hydrogen-bond donors (Lipinski definition) is 1. The fraction of sp³-hybridized carbons (Fsp3) is 1.00. The fourth-order valence-electron chi connectivity index (χ4n) is 2.63. The summed E-state index contributed by atoms with van der Waals surface area (Å²) in [5.74, 6) is 1.88. The maximum absolute atomic E-state index is 11.0. The Morgan fingerprint density at radius 2 is 1.93 bits per heavy atom. The second kappa shape index (κ2) is 5.85. The normalized spacial score (nSPS) is 27.1. The summed E-state index contributed by atoms with van der Waals surface area (Å²) in [5.41, 5.74) is 0. The number of nitrogens with one attached hydrogen (secondary N) is 1. The van der Waals surface area contributed by atoms with Crippen molar-refractivity contribution < 1.29 is 8.42 Å². The van der Waals surface area contributed by atoms with Gasteiger partial charge >= 0.3 is 0 Å². The van der Waals surface area contributed by atoms with Crippen LogP contribution in [0.15, 0.2) is 0 Å². The molecule has 0 radical (unpaired) electrons. The van der Waals surface area contributed by atoms with Gasteiger partial charge in [-0.05, 0) is 44.7 Å². The van der Waals surface area contributed by atoms with Crippen molar-refractivity contribution in [2.45, 2.75) is 32.1 Å². The van der Waals surface area contributed by atoms with E-state index in [1.54, 1.807) is 0 Å².